The fourth-order valence-electron chi connectivity index (χ4n) is 3.33. The zero-order chi connectivity index (χ0) is 18.6. The molecule has 3 heterocycles. The minimum atomic E-state index is -0.337. The zero-order valence-electron chi connectivity index (χ0n) is 15.4. The molecule has 140 valence electrons. The van der Waals surface area contributed by atoms with E-state index in [4.69, 9.17) is 4.42 Å². The van der Waals surface area contributed by atoms with Gasteiger partial charge in [-0.05, 0) is 50.6 Å². The summed E-state index contributed by atoms with van der Waals surface area (Å²) in [6.07, 6.45) is 4.06. The molecule has 7 nitrogen and oxygen atoms in total. The van der Waals surface area contributed by atoms with E-state index < -0.39 is 0 Å². The second-order valence-corrected chi connectivity index (χ2v) is 6.96. The molecule has 0 radical (unpaired) electrons. The Bertz CT molecular complexity index is 924. The molecule has 0 atom stereocenters. The first-order valence-corrected chi connectivity index (χ1v) is 9.23. The standard InChI is InChI=1S/C20H23N5O2/c1-15-5-4-6-16(11-15)12-25-14-21-20(23-25)22-19(26)18-8-7-17(27-18)13-24-9-2-3-10-24/h4-8,11,14H,2-3,9-10,12-13H2,1H3,(H,22,23,26). The van der Waals surface area contributed by atoms with Gasteiger partial charge in [-0.15, -0.1) is 5.10 Å². The smallest absolute Gasteiger partial charge is 0.293 e. The van der Waals surface area contributed by atoms with Crippen LogP contribution in [0.5, 0.6) is 0 Å². The van der Waals surface area contributed by atoms with E-state index in [2.05, 4.69) is 39.4 Å². The van der Waals surface area contributed by atoms with Gasteiger partial charge in [-0.2, -0.15) is 0 Å². The lowest BCUT2D eigenvalue weighted by molar-refractivity contribution is 0.0992. The van der Waals surface area contributed by atoms with Gasteiger partial charge in [0.05, 0.1) is 13.1 Å². The van der Waals surface area contributed by atoms with Gasteiger partial charge in [0.15, 0.2) is 5.76 Å². The number of amides is 1. The highest BCUT2D eigenvalue weighted by Crippen LogP contribution is 2.16. The molecular weight excluding hydrogens is 342 g/mol. The van der Waals surface area contributed by atoms with Crippen LogP contribution in [0.4, 0.5) is 5.95 Å². The van der Waals surface area contributed by atoms with Crippen molar-refractivity contribution in [2.45, 2.75) is 32.9 Å². The molecule has 7 heteroatoms. The van der Waals surface area contributed by atoms with Gasteiger partial charge >= 0.3 is 0 Å². The summed E-state index contributed by atoms with van der Waals surface area (Å²) in [5.41, 5.74) is 2.33. The fourth-order valence-corrected chi connectivity index (χ4v) is 3.33. The molecule has 1 aliphatic heterocycles. The number of likely N-dealkylation sites (tertiary alicyclic amines) is 1. The van der Waals surface area contributed by atoms with E-state index in [0.717, 1.165) is 31.0 Å². The second-order valence-electron chi connectivity index (χ2n) is 6.96. The predicted octanol–water partition coefficient (Wildman–Crippen LogP) is 3.08. The largest absolute Gasteiger partial charge is 0.455 e. The van der Waals surface area contributed by atoms with E-state index in [9.17, 15) is 4.79 Å². The van der Waals surface area contributed by atoms with Crippen molar-refractivity contribution in [1.29, 1.82) is 0 Å². The van der Waals surface area contributed by atoms with Gasteiger partial charge in [-0.3, -0.25) is 15.0 Å². The summed E-state index contributed by atoms with van der Waals surface area (Å²) in [4.78, 5) is 18.9. The van der Waals surface area contributed by atoms with Gasteiger partial charge < -0.3 is 4.42 Å². The van der Waals surface area contributed by atoms with Gasteiger partial charge in [0.25, 0.3) is 5.91 Å². The minimum absolute atomic E-state index is 0.269. The normalized spacial score (nSPS) is 14.6. The molecule has 0 spiro atoms. The Labute approximate surface area is 158 Å². The van der Waals surface area contributed by atoms with Crippen LogP contribution in [0, 0.1) is 6.92 Å². The summed E-state index contributed by atoms with van der Waals surface area (Å²) in [5, 5.41) is 7.01. The van der Waals surface area contributed by atoms with Crippen LogP contribution in [0.3, 0.4) is 0 Å². The van der Waals surface area contributed by atoms with Gasteiger partial charge in [-0.1, -0.05) is 29.8 Å². The third-order valence-corrected chi connectivity index (χ3v) is 4.65. The number of carbonyl (C=O) groups excluding carboxylic acids is 1. The Morgan fingerprint density at radius 1 is 1.19 bits per heavy atom. The summed E-state index contributed by atoms with van der Waals surface area (Å²) in [5.74, 6) is 1.01. The van der Waals surface area contributed by atoms with Crippen LogP contribution in [0.15, 0.2) is 47.1 Å². The SMILES string of the molecule is Cc1cccc(Cn2cnc(NC(=O)c3ccc(CN4CCCC4)o3)n2)c1. The Balaban J connectivity index is 1.35. The maximum Gasteiger partial charge on any atom is 0.293 e. The van der Waals surface area contributed by atoms with E-state index in [1.165, 1.54) is 18.4 Å². The third kappa shape index (κ3) is 4.43. The molecule has 1 saturated heterocycles. The lowest BCUT2D eigenvalue weighted by atomic mass is 10.1. The molecule has 1 N–H and O–H groups in total. The van der Waals surface area contributed by atoms with Crippen LogP contribution in [-0.4, -0.2) is 38.7 Å². The molecule has 1 fully saturated rings. The number of hydrogen-bond donors (Lipinski definition) is 1. The molecule has 0 saturated carbocycles. The van der Waals surface area contributed by atoms with Gasteiger partial charge in [-0.25, -0.2) is 9.67 Å². The van der Waals surface area contributed by atoms with Crippen LogP contribution in [0.1, 0.15) is 40.3 Å². The van der Waals surface area contributed by atoms with Crippen LogP contribution >= 0.6 is 0 Å². The first kappa shape index (κ1) is 17.5. The second kappa shape index (κ2) is 7.75. The quantitative estimate of drug-likeness (QED) is 0.726. The Morgan fingerprint density at radius 3 is 2.85 bits per heavy atom. The lowest BCUT2D eigenvalue weighted by Gasteiger charge is -2.11. The summed E-state index contributed by atoms with van der Waals surface area (Å²) < 4.78 is 7.38. The molecule has 0 bridgehead atoms. The predicted molar refractivity (Wildman–Crippen MR) is 101 cm³/mol. The number of nitrogens with one attached hydrogen (secondary N) is 1. The summed E-state index contributed by atoms with van der Waals surface area (Å²) in [6.45, 7) is 5.58. The molecule has 2 aromatic heterocycles. The van der Waals surface area contributed by atoms with Gasteiger partial charge in [0.2, 0.25) is 5.95 Å². The van der Waals surface area contributed by atoms with Crippen LogP contribution in [-0.2, 0) is 13.1 Å². The number of benzene rings is 1. The minimum Gasteiger partial charge on any atom is -0.455 e. The Kier molecular flexibility index (Phi) is 5.02. The number of aryl methyl sites for hydroxylation is 1. The molecule has 27 heavy (non-hydrogen) atoms. The number of anilines is 1. The monoisotopic (exact) mass is 365 g/mol. The number of hydrogen-bond acceptors (Lipinski definition) is 5. The van der Waals surface area contributed by atoms with Gasteiger partial charge in [0, 0.05) is 0 Å². The van der Waals surface area contributed by atoms with Crippen molar-refractivity contribution >= 4 is 11.9 Å². The molecular formula is C20H23N5O2. The molecule has 0 unspecified atom stereocenters. The average molecular weight is 365 g/mol. The van der Waals surface area contributed by atoms with Crippen molar-refractivity contribution in [1.82, 2.24) is 19.7 Å². The van der Waals surface area contributed by atoms with E-state index >= 15 is 0 Å². The highest BCUT2D eigenvalue weighted by atomic mass is 16.4. The summed E-state index contributed by atoms with van der Waals surface area (Å²) >= 11 is 0. The summed E-state index contributed by atoms with van der Waals surface area (Å²) in [7, 11) is 0. The fraction of sp³-hybridized carbons (Fsp3) is 0.350. The van der Waals surface area contributed by atoms with Crippen molar-refractivity contribution in [3.8, 4) is 0 Å². The lowest BCUT2D eigenvalue weighted by Crippen LogP contribution is -2.18. The van der Waals surface area contributed by atoms with Crippen molar-refractivity contribution in [2.24, 2.45) is 0 Å². The van der Waals surface area contributed by atoms with E-state index in [0.29, 0.717) is 6.54 Å². The van der Waals surface area contributed by atoms with Crippen LogP contribution in [0.25, 0.3) is 0 Å². The number of nitrogens with zero attached hydrogens (tertiary/aromatic N) is 4. The average Bonchev–Trinajstić information content (AvgIpc) is 3.38. The zero-order valence-corrected chi connectivity index (χ0v) is 15.4. The van der Waals surface area contributed by atoms with Crippen LogP contribution in [0.2, 0.25) is 0 Å². The molecule has 4 rings (SSSR count). The maximum atomic E-state index is 12.4. The van der Waals surface area contributed by atoms with Crippen molar-refractivity contribution in [2.75, 3.05) is 18.4 Å². The third-order valence-electron chi connectivity index (χ3n) is 4.65. The van der Waals surface area contributed by atoms with Gasteiger partial charge in [0.1, 0.15) is 12.1 Å². The van der Waals surface area contributed by atoms with E-state index in [1.807, 2.05) is 18.2 Å². The number of carbonyl (C=O) groups is 1. The summed E-state index contributed by atoms with van der Waals surface area (Å²) in [6, 6.07) is 11.8. The highest BCUT2D eigenvalue weighted by molar-refractivity contribution is 6.01. The van der Waals surface area contributed by atoms with E-state index in [1.54, 1.807) is 17.1 Å². The molecule has 1 aliphatic rings. The molecule has 3 aromatic rings. The highest BCUT2D eigenvalue weighted by Gasteiger charge is 2.17. The first-order chi connectivity index (χ1) is 13.2. The number of rotatable bonds is 6. The molecule has 1 amide bonds. The van der Waals surface area contributed by atoms with Crippen molar-refractivity contribution in [3.63, 3.8) is 0 Å². The Hall–Kier alpha value is -2.93. The number of aromatic nitrogens is 3. The van der Waals surface area contributed by atoms with Crippen molar-refractivity contribution < 1.29 is 9.21 Å². The topological polar surface area (TPSA) is 76.2 Å². The first-order valence-electron chi connectivity index (χ1n) is 9.23. The number of furan rings is 1. The maximum absolute atomic E-state index is 12.4. The molecule has 0 aliphatic carbocycles. The Morgan fingerprint density at radius 2 is 2.04 bits per heavy atom. The van der Waals surface area contributed by atoms with Crippen molar-refractivity contribution in [3.05, 3.63) is 65.4 Å². The van der Waals surface area contributed by atoms with Crippen LogP contribution < -0.4 is 5.32 Å². The molecule has 1 aromatic carbocycles. The van der Waals surface area contributed by atoms with E-state index in [-0.39, 0.29) is 17.6 Å².